The zero-order chi connectivity index (χ0) is 11.4. The van der Waals surface area contributed by atoms with Crippen molar-refractivity contribution in [3.05, 3.63) is 0 Å². The summed E-state index contributed by atoms with van der Waals surface area (Å²) in [5, 5.41) is 0. The molecule has 0 aromatic rings. The summed E-state index contributed by atoms with van der Waals surface area (Å²) in [6.07, 6.45) is 6.56. The number of rotatable bonds is 6. The summed E-state index contributed by atoms with van der Waals surface area (Å²) in [7, 11) is 2.26. The second-order valence-corrected chi connectivity index (χ2v) is 5.82. The van der Waals surface area contributed by atoms with Crippen molar-refractivity contribution in [1.29, 1.82) is 0 Å². The summed E-state index contributed by atoms with van der Waals surface area (Å²) < 4.78 is 5.53. The molecule has 16 heavy (non-hydrogen) atoms. The molecule has 3 nitrogen and oxygen atoms in total. The molecule has 1 unspecified atom stereocenters. The van der Waals surface area contributed by atoms with Gasteiger partial charge in [0.25, 0.3) is 0 Å². The van der Waals surface area contributed by atoms with Crippen molar-refractivity contribution in [1.82, 2.24) is 4.90 Å². The van der Waals surface area contributed by atoms with Gasteiger partial charge in [0.1, 0.15) is 0 Å². The molecule has 94 valence electrons. The number of nitrogens with two attached hydrogens (primary N) is 1. The van der Waals surface area contributed by atoms with Gasteiger partial charge in [-0.15, -0.1) is 0 Å². The minimum Gasteiger partial charge on any atom is -0.381 e. The molecule has 1 saturated heterocycles. The van der Waals surface area contributed by atoms with Crippen LogP contribution in [-0.2, 0) is 4.74 Å². The van der Waals surface area contributed by atoms with E-state index >= 15 is 0 Å². The third kappa shape index (κ3) is 3.44. The highest BCUT2D eigenvalue weighted by molar-refractivity contribution is 4.95. The Bertz CT molecular complexity index is 210. The van der Waals surface area contributed by atoms with Gasteiger partial charge in [0.05, 0.1) is 6.61 Å². The summed E-state index contributed by atoms with van der Waals surface area (Å²) >= 11 is 0. The Balaban J connectivity index is 1.69. The van der Waals surface area contributed by atoms with Crippen molar-refractivity contribution >= 4 is 0 Å². The molecule has 0 bridgehead atoms. The largest absolute Gasteiger partial charge is 0.381 e. The molecular weight excluding hydrogens is 200 g/mol. The van der Waals surface area contributed by atoms with Crippen LogP contribution in [0.5, 0.6) is 0 Å². The van der Waals surface area contributed by atoms with Crippen LogP contribution >= 0.6 is 0 Å². The predicted octanol–water partition coefficient (Wildman–Crippen LogP) is 1.47. The molecule has 1 aliphatic carbocycles. The van der Waals surface area contributed by atoms with Crippen LogP contribution in [0.3, 0.4) is 0 Å². The Morgan fingerprint density at radius 2 is 2.25 bits per heavy atom. The Hall–Kier alpha value is -0.120. The van der Waals surface area contributed by atoms with Crippen molar-refractivity contribution < 1.29 is 4.74 Å². The van der Waals surface area contributed by atoms with E-state index in [-0.39, 0.29) is 0 Å². The summed E-state index contributed by atoms with van der Waals surface area (Å²) in [5.41, 5.74) is 6.26. The van der Waals surface area contributed by atoms with E-state index in [4.69, 9.17) is 10.5 Å². The van der Waals surface area contributed by atoms with E-state index in [1.54, 1.807) is 0 Å². The van der Waals surface area contributed by atoms with Gasteiger partial charge < -0.3 is 15.4 Å². The lowest BCUT2D eigenvalue weighted by Gasteiger charge is -2.29. The van der Waals surface area contributed by atoms with E-state index in [2.05, 4.69) is 11.9 Å². The molecule has 0 aromatic heterocycles. The van der Waals surface area contributed by atoms with Gasteiger partial charge in [0.2, 0.25) is 0 Å². The van der Waals surface area contributed by atoms with E-state index in [9.17, 15) is 0 Å². The number of nitrogens with zero attached hydrogens (tertiary/aromatic N) is 1. The van der Waals surface area contributed by atoms with Crippen LogP contribution in [0.1, 0.15) is 32.1 Å². The molecule has 1 saturated carbocycles. The fraction of sp³-hybridized carbons (Fsp3) is 1.00. The first-order valence-corrected chi connectivity index (χ1v) is 6.70. The molecule has 0 amide bonds. The molecular formula is C13H26N2O. The van der Waals surface area contributed by atoms with Crippen molar-refractivity contribution in [2.75, 3.05) is 39.9 Å². The molecule has 3 heteroatoms. The number of hydrogen-bond acceptors (Lipinski definition) is 3. The van der Waals surface area contributed by atoms with Crippen molar-refractivity contribution in [2.45, 2.75) is 32.1 Å². The maximum atomic E-state index is 5.68. The number of hydrogen-bond donors (Lipinski definition) is 1. The minimum atomic E-state index is 0.582. The van der Waals surface area contributed by atoms with Gasteiger partial charge in [-0.2, -0.15) is 0 Å². The van der Waals surface area contributed by atoms with Crippen LogP contribution in [0.2, 0.25) is 0 Å². The first-order chi connectivity index (χ1) is 7.74. The highest BCUT2D eigenvalue weighted by Crippen LogP contribution is 2.48. The number of ether oxygens (including phenoxy) is 1. The summed E-state index contributed by atoms with van der Waals surface area (Å²) in [6, 6.07) is 0. The predicted molar refractivity (Wildman–Crippen MR) is 66.4 cm³/mol. The average molecular weight is 226 g/mol. The SMILES string of the molecule is CN(CC1CCCOC1)CC1(CCN)CC1. The van der Waals surface area contributed by atoms with Crippen LogP contribution in [0, 0.1) is 11.3 Å². The van der Waals surface area contributed by atoms with Gasteiger partial charge in [-0.25, -0.2) is 0 Å². The molecule has 1 aliphatic heterocycles. The minimum absolute atomic E-state index is 0.582. The molecule has 1 atom stereocenters. The van der Waals surface area contributed by atoms with Crippen LogP contribution in [0.15, 0.2) is 0 Å². The van der Waals surface area contributed by atoms with E-state index in [1.165, 1.54) is 45.2 Å². The zero-order valence-electron chi connectivity index (χ0n) is 10.6. The van der Waals surface area contributed by atoms with Crippen molar-refractivity contribution in [3.63, 3.8) is 0 Å². The van der Waals surface area contributed by atoms with Gasteiger partial charge in [-0.1, -0.05) is 0 Å². The van der Waals surface area contributed by atoms with Gasteiger partial charge >= 0.3 is 0 Å². The summed E-state index contributed by atoms with van der Waals surface area (Å²) in [4.78, 5) is 2.50. The molecule has 2 N–H and O–H groups in total. The lowest BCUT2D eigenvalue weighted by atomic mass is 9.99. The maximum absolute atomic E-state index is 5.68. The van der Waals surface area contributed by atoms with Gasteiger partial charge in [0, 0.05) is 19.7 Å². The third-order valence-corrected chi connectivity index (χ3v) is 4.06. The molecule has 1 heterocycles. The monoisotopic (exact) mass is 226 g/mol. The molecule has 0 radical (unpaired) electrons. The standard InChI is InChI=1S/C13H26N2O/c1-15(9-12-3-2-8-16-10-12)11-13(4-5-13)6-7-14/h12H,2-11,14H2,1H3. The lowest BCUT2D eigenvalue weighted by Crippen LogP contribution is -2.35. The molecule has 2 rings (SSSR count). The van der Waals surface area contributed by atoms with Crippen LogP contribution in [-0.4, -0.2) is 44.8 Å². The fourth-order valence-electron chi connectivity index (χ4n) is 3.00. The van der Waals surface area contributed by atoms with Crippen LogP contribution in [0.4, 0.5) is 0 Å². The Morgan fingerprint density at radius 1 is 1.44 bits per heavy atom. The second kappa shape index (κ2) is 5.48. The van der Waals surface area contributed by atoms with E-state index in [1.807, 2.05) is 0 Å². The quantitative estimate of drug-likeness (QED) is 0.745. The second-order valence-electron chi connectivity index (χ2n) is 5.82. The third-order valence-electron chi connectivity index (χ3n) is 4.06. The normalized spacial score (nSPS) is 28.3. The smallest absolute Gasteiger partial charge is 0.0506 e. The molecule has 0 spiro atoms. The molecule has 0 aromatic carbocycles. The van der Waals surface area contributed by atoms with Crippen molar-refractivity contribution in [2.24, 2.45) is 17.1 Å². The van der Waals surface area contributed by atoms with Gasteiger partial charge in [0.15, 0.2) is 0 Å². The first-order valence-electron chi connectivity index (χ1n) is 6.70. The Morgan fingerprint density at radius 3 is 2.81 bits per heavy atom. The zero-order valence-corrected chi connectivity index (χ0v) is 10.6. The lowest BCUT2D eigenvalue weighted by molar-refractivity contribution is 0.0394. The van der Waals surface area contributed by atoms with Gasteiger partial charge in [-0.05, 0) is 57.0 Å². The van der Waals surface area contributed by atoms with Crippen LogP contribution < -0.4 is 5.73 Å². The Labute approximate surface area is 99.3 Å². The molecule has 2 fully saturated rings. The average Bonchev–Trinajstić information content (AvgIpc) is 2.99. The Kier molecular flexibility index (Phi) is 4.22. The van der Waals surface area contributed by atoms with E-state index < -0.39 is 0 Å². The van der Waals surface area contributed by atoms with Crippen molar-refractivity contribution in [3.8, 4) is 0 Å². The summed E-state index contributed by atoms with van der Waals surface area (Å²) in [6.45, 7) is 5.22. The highest BCUT2D eigenvalue weighted by Gasteiger charge is 2.42. The highest BCUT2D eigenvalue weighted by atomic mass is 16.5. The maximum Gasteiger partial charge on any atom is 0.0506 e. The van der Waals surface area contributed by atoms with E-state index in [0.717, 1.165) is 25.7 Å². The van der Waals surface area contributed by atoms with E-state index in [0.29, 0.717) is 5.41 Å². The first kappa shape index (κ1) is 12.3. The van der Waals surface area contributed by atoms with Crippen LogP contribution in [0.25, 0.3) is 0 Å². The fourth-order valence-corrected chi connectivity index (χ4v) is 3.00. The van der Waals surface area contributed by atoms with Gasteiger partial charge in [-0.3, -0.25) is 0 Å². The topological polar surface area (TPSA) is 38.5 Å². The molecule has 2 aliphatic rings. The summed E-state index contributed by atoms with van der Waals surface area (Å²) in [5.74, 6) is 0.757.